The molecule has 0 radical (unpaired) electrons. The summed E-state index contributed by atoms with van der Waals surface area (Å²) < 4.78 is 6.56. The maximum Gasteiger partial charge on any atom is 0.289 e. The average molecular weight is 408 g/mol. The molecule has 3 rings (SSSR count). The van der Waals surface area contributed by atoms with Crippen LogP contribution in [0.25, 0.3) is 11.0 Å². The number of halogens is 3. The number of furan rings is 1. The highest BCUT2D eigenvalue weighted by atomic mass is 79.9. The van der Waals surface area contributed by atoms with Gasteiger partial charge in [0.2, 0.25) is 0 Å². The van der Waals surface area contributed by atoms with E-state index in [4.69, 9.17) is 21.8 Å². The van der Waals surface area contributed by atoms with Crippen LogP contribution in [0.1, 0.15) is 22.5 Å². The third-order valence-electron chi connectivity index (χ3n) is 4.06. The number of nitrogens with zero attached hydrogens (tertiary/aromatic N) is 1. The molecule has 0 aliphatic carbocycles. The third-order valence-corrected chi connectivity index (χ3v) is 4.86. The number of nitrogens with two attached hydrogens (primary N) is 1. The summed E-state index contributed by atoms with van der Waals surface area (Å²) in [5, 5.41) is 1.48. The van der Waals surface area contributed by atoms with Crippen LogP contribution < -0.4 is 5.73 Å². The van der Waals surface area contributed by atoms with Crippen LogP contribution in [-0.2, 0) is 0 Å². The van der Waals surface area contributed by atoms with Gasteiger partial charge in [0, 0.05) is 29.1 Å². The summed E-state index contributed by atoms with van der Waals surface area (Å²) in [4.78, 5) is 14.5. The van der Waals surface area contributed by atoms with Crippen molar-refractivity contribution < 1.29 is 9.21 Å². The monoisotopic (exact) mass is 406 g/mol. The Morgan fingerprint density at radius 2 is 2.27 bits per heavy atom. The van der Waals surface area contributed by atoms with Crippen molar-refractivity contribution in [2.45, 2.75) is 13.3 Å². The SMILES string of the molecule is Cc1c(C(=O)N2CCC(CN)C2)oc2c(Br)cc(Cl)cc12.Cl. The van der Waals surface area contributed by atoms with Crippen molar-refractivity contribution in [3.8, 4) is 0 Å². The van der Waals surface area contributed by atoms with Gasteiger partial charge >= 0.3 is 0 Å². The van der Waals surface area contributed by atoms with Crippen LogP contribution in [0.2, 0.25) is 5.02 Å². The Kier molecular flexibility index (Phi) is 5.43. The lowest BCUT2D eigenvalue weighted by Crippen LogP contribution is -2.30. The topological polar surface area (TPSA) is 59.5 Å². The van der Waals surface area contributed by atoms with E-state index in [0.29, 0.717) is 35.4 Å². The lowest BCUT2D eigenvalue weighted by Gasteiger charge is -2.14. The lowest BCUT2D eigenvalue weighted by atomic mass is 10.1. The predicted molar refractivity (Wildman–Crippen MR) is 94.0 cm³/mol. The molecule has 1 atom stereocenters. The zero-order valence-corrected chi connectivity index (χ0v) is 15.2. The van der Waals surface area contributed by atoms with E-state index in [0.717, 1.165) is 28.4 Å². The van der Waals surface area contributed by atoms with Gasteiger partial charge in [-0.05, 0) is 53.9 Å². The summed E-state index contributed by atoms with van der Waals surface area (Å²) in [7, 11) is 0. The quantitative estimate of drug-likeness (QED) is 0.818. The van der Waals surface area contributed by atoms with E-state index in [-0.39, 0.29) is 18.3 Å². The number of hydrogen-bond donors (Lipinski definition) is 1. The van der Waals surface area contributed by atoms with Gasteiger partial charge in [-0.3, -0.25) is 4.79 Å². The van der Waals surface area contributed by atoms with Crippen LogP contribution in [0.3, 0.4) is 0 Å². The Hall–Kier alpha value is -0.750. The molecule has 1 aliphatic rings. The fourth-order valence-corrected chi connectivity index (χ4v) is 3.69. The molecule has 1 aromatic carbocycles. The van der Waals surface area contributed by atoms with Crippen molar-refractivity contribution in [1.82, 2.24) is 4.90 Å². The second-order valence-corrected chi connectivity index (χ2v) is 6.75. The second kappa shape index (κ2) is 6.79. The average Bonchev–Trinajstić information content (AvgIpc) is 3.04. The number of aryl methyl sites for hydroxylation is 1. The molecule has 120 valence electrons. The summed E-state index contributed by atoms with van der Waals surface area (Å²) in [5.41, 5.74) is 7.17. The summed E-state index contributed by atoms with van der Waals surface area (Å²) >= 11 is 9.50. The maximum absolute atomic E-state index is 12.6. The molecule has 2 aromatic rings. The van der Waals surface area contributed by atoms with E-state index >= 15 is 0 Å². The van der Waals surface area contributed by atoms with Gasteiger partial charge in [-0.2, -0.15) is 0 Å². The first-order chi connectivity index (χ1) is 10.0. The number of hydrogen-bond acceptors (Lipinski definition) is 3. The fourth-order valence-electron chi connectivity index (χ4n) is 2.80. The first kappa shape index (κ1) is 17.6. The van der Waals surface area contributed by atoms with Crippen LogP contribution in [0, 0.1) is 12.8 Å². The number of rotatable bonds is 2. The molecule has 1 saturated heterocycles. The van der Waals surface area contributed by atoms with Gasteiger partial charge in [0.15, 0.2) is 5.76 Å². The molecule has 0 spiro atoms. The molecule has 1 unspecified atom stereocenters. The molecule has 2 heterocycles. The number of benzene rings is 1. The van der Waals surface area contributed by atoms with Crippen molar-refractivity contribution >= 4 is 56.8 Å². The van der Waals surface area contributed by atoms with Crippen LogP contribution in [0.5, 0.6) is 0 Å². The predicted octanol–water partition coefficient (Wildman–Crippen LogP) is 4.00. The molecule has 0 bridgehead atoms. The second-order valence-electron chi connectivity index (χ2n) is 5.46. The fraction of sp³-hybridized carbons (Fsp3) is 0.400. The minimum absolute atomic E-state index is 0. The van der Waals surface area contributed by atoms with Gasteiger partial charge in [0.1, 0.15) is 5.58 Å². The van der Waals surface area contributed by atoms with E-state index in [1.165, 1.54) is 0 Å². The minimum atomic E-state index is -0.0670. The highest BCUT2D eigenvalue weighted by molar-refractivity contribution is 9.10. The summed E-state index contributed by atoms with van der Waals surface area (Å²) in [6.45, 7) is 3.94. The normalized spacial score (nSPS) is 17.8. The van der Waals surface area contributed by atoms with Crippen LogP contribution in [0.4, 0.5) is 0 Å². The smallest absolute Gasteiger partial charge is 0.289 e. The van der Waals surface area contributed by atoms with Crippen LogP contribution >= 0.6 is 39.9 Å². The van der Waals surface area contributed by atoms with E-state index in [9.17, 15) is 4.79 Å². The summed E-state index contributed by atoms with van der Waals surface area (Å²) in [6.07, 6.45) is 0.955. The number of fused-ring (bicyclic) bond motifs is 1. The van der Waals surface area contributed by atoms with Gasteiger partial charge in [0.05, 0.1) is 4.47 Å². The number of likely N-dealkylation sites (tertiary alicyclic amines) is 1. The van der Waals surface area contributed by atoms with E-state index < -0.39 is 0 Å². The molecular weight excluding hydrogens is 391 g/mol. The van der Waals surface area contributed by atoms with Crippen molar-refractivity contribution in [3.63, 3.8) is 0 Å². The van der Waals surface area contributed by atoms with E-state index in [1.54, 1.807) is 6.07 Å². The van der Waals surface area contributed by atoms with Gasteiger partial charge in [-0.1, -0.05) is 11.6 Å². The Morgan fingerprint density at radius 1 is 1.55 bits per heavy atom. The molecule has 1 aliphatic heterocycles. The largest absolute Gasteiger partial charge is 0.449 e. The van der Waals surface area contributed by atoms with E-state index in [1.807, 2.05) is 17.9 Å². The van der Waals surface area contributed by atoms with Gasteiger partial charge < -0.3 is 15.1 Å². The number of amides is 1. The van der Waals surface area contributed by atoms with Gasteiger partial charge in [-0.15, -0.1) is 12.4 Å². The van der Waals surface area contributed by atoms with Gasteiger partial charge in [0.25, 0.3) is 5.91 Å². The zero-order chi connectivity index (χ0) is 15.1. The Labute approximate surface area is 148 Å². The zero-order valence-electron chi connectivity index (χ0n) is 12.1. The molecule has 1 fully saturated rings. The van der Waals surface area contributed by atoms with Crippen molar-refractivity contribution in [2.75, 3.05) is 19.6 Å². The first-order valence-electron chi connectivity index (χ1n) is 6.88. The highest BCUT2D eigenvalue weighted by Gasteiger charge is 2.29. The first-order valence-corrected chi connectivity index (χ1v) is 8.06. The summed E-state index contributed by atoms with van der Waals surface area (Å²) in [5.74, 6) is 0.716. The third kappa shape index (κ3) is 3.00. The number of carbonyl (C=O) groups is 1. The lowest BCUT2D eigenvalue weighted by molar-refractivity contribution is 0.0757. The van der Waals surface area contributed by atoms with Crippen LogP contribution in [-0.4, -0.2) is 30.4 Å². The molecule has 2 N–H and O–H groups in total. The Morgan fingerprint density at radius 3 is 2.91 bits per heavy atom. The molecule has 4 nitrogen and oxygen atoms in total. The maximum atomic E-state index is 12.6. The Balaban J connectivity index is 0.00000176. The molecule has 1 aromatic heterocycles. The Bertz CT molecular complexity index is 717. The van der Waals surface area contributed by atoms with Crippen molar-refractivity contribution in [2.24, 2.45) is 11.7 Å². The molecule has 7 heteroatoms. The molecular formula is C15H17BrCl2N2O2. The molecule has 1 amide bonds. The standard InChI is InChI=1S/C15H16BrClN2O2.ClH/c1-8-11-4-10(17)5-12(16)14(11)21-13(8)15(20)19-3-2-9(6-18)7-19;/h4-5,9H,2-3,6-7,18H2,1H3;1H. The molecule has 22 heavy (non-hydrogen) atoms. The van der Waals surface area contributed by atoms with Gasteiger partial charge in [-0.25, -0.2) is 0 Å². The highest BCUT2D eigenvalue weighted by Crippen LogP contribution is 2.34. The summed E-state index contributed by atoms with van der Waals surface area (Å²) in [6, 6.07) is 3.59. The number of carbonyl (C=O) groups excluding carboxylic acids is 1. The van der Waals surface area contributed by atoms with E-state index in [2.05, 4.69) is 15.9 Å². The van der Waals surface area contributed by atoms with Crippen LogP contribution in [0.15, 0.2) is 21.0 Å². The minimum Gasteiger partial charge on any atom is -0.449 e. The van der Waals surface area contributed by atoms with Crippen molar-refractivity contribution in [1.29, 1.82) is 0 Å². The molecule has 0 saturated carbocycles. The van der Waals surface area contributed by atoms with Crippen molar-refractivity contribution in [3.05, 3.63) is 33.0 Å².